The summed E-state index contributed by atoms with van der Waals surface area (Å²) in [6.07, 6.45) is 14.5. The molecule has 0 N–H and O–H groups in total. The van der Waals surface area contributed by atoms with Crippen LogP contribution in [0.5, 0.6) is 0 Å². The van der Waals surface area contributed by atoms with E-state index in [0.29, 0.717) is 23.5 Å². The van der Waals surface area contributed by atoms with Crippen LogP contribution in [-0.4, -0.2) is 35.8 Å². The maximum absolute atomic E-state index is 13.5. The standard InChI is InChI=1S/C26H37NO3/c1-17(28)30-20-8-10-25(2)19(15-20)6-7-21-22(25)9-11-26(3)23(21)14-18(24(26)29)16-27-12-4-5-13-27/h6,16,20-23H,4-5,7-15H2,1-3H3/b18-16-/t20-,21-,22+,23+,25+,26+/m1/s1. The zero-order valence-corrected chi connectivity index (χ0v) is 18.9. The van der Waals surface area contributed by atoms with Gasteiger partial charge in [0.05, 0.1) is 0 Å². The molecule has 164 valence electrons. The smallest absolute Gasteiger partial charge is 0.302 e. The van der Waals surface area contributed by atoms with E-state index < -0.39 is 0 Å². The Labute approximate surface area is 181 Å². The Kier molecular flexibility index (Phi) is 4.91. The average molecular weight is 412 g/mol. The Morgan fingerprint density at radius 3 is 2.57 bits per heavy atom. The summed E-state index contributed by atoms with van der Waals surface area (Å²) in [5, 5.41) is 0. The number of carbonyl (C=O) groups excluding carboxylic acids is 2. The van der Waals surface area contributed by atoms with Gasteiger partial charge in [0, 0.05) is 43.6 Å². The van der Waals surface area contributed by atoms with E-state index in [9.17, 15) is 9.59 Å². The van der Waals surface area contributed by atoms with Crippen molar-refractivity contribution in [3.8, 4) is 0 Å². The zero-order valence-electron chi connectivity index (χ0n) is 18.9. The van der Waals surface area contributed by atoms with Gasteiger partial charge < -0.3 is 9.64 Å². The Morgan fingerprint density at radius 2 is 1.83 bits per heavy atom. The summed E-state index contributed by atoms with van der Waals surface area (Å²) in [4.78, 5) is 27.3. The average Bonchev–Trinajstić information content (AvgIpc) is 3.29. The third kappa shape index (κ3) is 3.08. The Bertz CT molecular complexity index is 807. The molecule has 1 aliphatic heterocycles. The molecule has 4 nitrogen and oxygen atoms in total. The quantitative estimate of drug-likeness (QED) is 0.363. The van der Waals surface area contributed by atoms with Crippen molar-refractivity contribution >= 4 is 11.8 Å². The topological polar surface area (TPSA) is 46.6 Å². The fourth-order valence-electron chi connectivity index (χ4n) is 7.84. The monoisotopic (exact) mass is 411 g/mol. The second kappa shape index (κ2) is 7.24. The van der Waals surface area contributed by atoms with Crippen LogP contribution < -0.4 is 0 Å². The van der Waals surface area contributed by atoms with Gasteiger partial charge in [-0.15, -0.1) is 0 Å². The lowest BCUT2D eigenvalue weighted by atomic mass is 9.48. The molecule has 4 aliphatic carbocycles. The Hall–Kier alpha value is -1.58. The molecular formula is C26H37NO3. The van der Waals surface area contributed by atoms with E-state index in [1.807, 2.05) is 0 Å². The summed E-state index contributed by atoms with van der Waals surface area (Å²) in [6, 6.07) is 0. The molecule has 3 saturated carbocycles. The van der Waals surface area contributed by atoms with Crippen LogP contribution in [0.4, 0.5) is 0 Å². The number of carbonyl (C=O) groups is 2. The normalized spacial score (nSPS) is 44.4. The number of Topliss-reactive ketones (excluding diaryl/α,β-unsaturated/α-hetero) is 1. The minimum atomic E-state index is -0.163. The second-order valence-corrected chi connectivity index (χ2v) is 11.1. The molecule has 0 aromatic carbocycles. The highest BCUT2D eigenvalue weighted by molar-refractivity contribution is 6.02. The Morgan fingerprint density at radius 1 is 1.10 bits per heavy atom. The van der Waals surface area contributed by atoms with Crippen molar-refractivity contribution in [3.05, 3.63) is 23.4 Å². The third-order valence-corrected chi connectivity index (χ3v) is 9.51. The summed E-state index contributed by atoms with van der Waals surface area (Å²) in [7, 11) is 0. The molecular weight excluding hydrogens is 374 g/mol. The SMILES string of the molecule is CC(=O)O[C@@H]1CC[C@@]2(C)C(=CC[C@@H]3[C@@H]2CC[C@]2(C)C(=O)/C(=C\N4CCCC4)C[C@@H]32)C1. The molecule has 30 heavy (non-hydrogen) atoms. The number of likely N-dealkylation sites (tertiary alicyclic amines) is 1. The van der Waals surface area contributed by atoms with Crippen molar-refractivity contribution in [2.24, 2.45) is 28.6 Å². The van der Waals surface area contributed by atoms with Crippen molar-refractivity contribution in [2.45, 2.75) is 84.7 Å². The largest absolute Gasteiger partial charge is 0.462 e. The molecule has 0 radical (unpaired) electrons. The molecule has 0 bridgehead atoms. The number of rotatable bonds is 2. The molecule has 4 fully saturated rings. The maximum atomic E-state index is 13.5. The first-order valence-corrected chi connectivity index (χ1v) is 12.2. The van der Waals surface area contributed by atoms with Gasteiger partial charge in [0.25, 0.3) is 0 Å². The summed E-state index contributed by atoms with van der Waals surface area (Å²) >= 11 is 0. The first kappa shape index (κ1) is 20.3. The minimum Gasteiger partial charge on any atom is -0.462 e. The van der Waals surface area contributed by atoms with Crippen molar-refractivity contribution in [1.29, 1.82) is 0 Å². The molecule has 0 spiro atoms. The van der Waals surface area contributed by atoms with Crippen LogP contribution in [0.3, 0.4) is 0 Å². The molecule has 6 atom stereocenters. The van der Waals surface area contributed by atoms with Crippen LogP contribution in [0, 0.1) is 28.6 Å². The summed E-state index contributed by atoms with van der Waals surface area (Å²) in [5.74, 6) is 2.03. The molecule has 0 amide bonds. The predicted octanol–water partition coefficient (Wildman–Crippen LogP) is 5.04. The molecule has 4 heteroatoms. The molecule has 1 heterocycles. The van der Waals surface area contributed by atoms with Crippen molar-refractivity contribution in [2.75, 3.05) is 13.1 Å². The fraction of sp³-hybridized carbons (Fsp3) is 0.769. The van der Waals surface area contributed by atoms with E-state index in [4.69, 9.17) is 4.74 Å². The Balaban J connectivity index is 1.40. The van der Waals surface area contributed by atoms with Crippen LogP contribution in [-0.2, 0) is 14.3 Å². The van der Waals surface area contributed by atoms with Crippen LogP contribution in [0.2, 0.25) is 0 Å². The zero-order chi connectivity index (χ0) is 21.1. The number of hydrogen-bond acceptors (Lipinski definition) is 4. The lowest BCUT2D eigenvalue weighted by Gasteiger charge is -2.56. The number of allylic oxidation sites excluding steroid dienone is 2. The summed E-state index contributed by atoms with van der Waals surface area (Å²) < 4.78 is 5.56. The van der Waals surface area contributed by atoms with Gasteiger partial charge in [-0.05, 0) is 74.5 Å². The van der Waals surface area contributed by atoms with Gasteiger partial charge in [0.15, 0.2) is 5.78 Å². The number of ketones is 1. The molecule has 5 aliphatic rings. The highest BCUT2D eigenvalue weighted by Crippen LogP contribution is 2.64. The highest BCUT2D eigenvalue weighted by atomic mass is 16.5. The van der Waals surface area contributed by atoms with Gasteiger partial charge in [-0.1, -0.05) is 25.5 Å². The van der Waals surface area contributed by atoms with Crippen LogP contribution >= 0.6 is 0 Å². The van der Waals surface area contributed by atoms with Gasteiger partial charge in [0.1, 0.15) is 6.10 Å². The van der Waals surface area contributed by atoms with Crippen molar-refractivity contribution in [3.63, 3.8) is 0 Å². The van der Waals surface area contributed by atoms with E-state index in [0.717, 1.165) is 63.6 Å². The molecule has 0 aromatic heterocycles. The van der Waals surface area contributed by atoms with E-state index in [-0.39, 0.29) is 22.9 Å². The van der Waals surface area contributed by atoms with E-state index in [2.05, 4.69) is 31.0 Å². The van der Waals surface area contributed by atoms with E-state index in [1.165, 1.54) is 25.3 Å². The summed E-state index contributed by atoms with van der Waals surface area (Å²) in [5.41, 5.74) is 2.67. The molecule has 0 unspecified atom stereocenters. The maximum Gasteiger partial charge on any atom is 0.302 e. The minimum absolute atomic E-state index is 0.0512. The molecule has 1 saturated heterocycles. The number of ether oxygens (including phenoxy) is 1. The first-order valence-electron chi connectivity index (χ1n) is 12.2. The lowest BCUT2D eigenvalue weighted by Crippen LogP contribution is -2.50. The second-order valence-electron chi connectivity index (χ2n) is 11.1. The van der Waals surface area contributed by atoms with Crippen LogP contribution in [0.25, 0.3) is 0 Å². The number of nitrogens with zero attached hydrogens (tertiary/aromatic N) is 1. The van der Waals surface area contributed by atoms with Crippen molar-refractivity contribution < 1.29 is 14.3 Å². The van der Waals surface area contributed by atoms with Gasteiger partial charge in [0.2, 0.25) is 0 Å². The summed E-state index contributed by atoms with van der Waals surface area (Å²) in [6.45, 7) is 8.46. The van der Waals surface area contributed by atoms with E-state index >= 15 is 0 Å². The van der Waals surface area contributed by atoms with Gasteiger partial charge in [-0.3, -0.25) is 9.59 Å². The van der Waals surface area contributed by atoms with Gasteiger partial charge in [-0.2, -0.15) is 0 Å². The van der Waals surface area contributed by atoms with E-state index in [1.54, 1.807) is 0 Å². The first-order chi connectivity index (χ1) is 14.3. The third-order valence-electron chi connectivity index (χ3n) is 9.51. The molecule has 5 rings (SSSR count). The highest BCUT2D eigenvalue weighted by Gasteiger charge is 2.60. The van der Waals surface area contributed by atoms with Crippen molar-refractivity contribution in [1.82, 2.24) is 4.90 Å². The fourth-order valence-corrected chi connectivity index (χ4v) is 7.84. The number of hydrogen-bond donors (Lipinski definition) is 0. The van der Waals surface area contributed by atoms with Gasteiger partial charge in [-0.25, -0.2) is 0 Å². The number of esters is 1. The van der Waals surface area contributed by atoms with Gasteiger partial charge >= 0.3 is 5.97 Å². The van der Waals surface area contributed by atoms with Crippen LogP contribution in [0.1, 0.15) is 78.6 Å². The lowest BCUT2D eigenvalue weighted by molar-refractivity contribution is -0.148. The number of fused-ring (bicyclic) bond motifs is 5. The molecule has 0 aromatic rings. The van der Waals surface area contributed by atoms with Crippen LogP contribution in [0.15, 0.2) is 23.4 Å². The predicted molar refractivity (Wildman–Crippen MR) is 117 cm³/mol.